The third kappa shape index (κ3) is 4.28. The first-order valence-corrected chi connectivity index (χ1v) is 12.2. The molecule has 0 bridgehead atoms. The molecule has 0 unspecified atom stereocenters. The third-order valence-corrected chi connectivity index (χ3v) is 7.99. The molecule has 166 valence electrons. The fourth-order valence-corrected chi connectivity index (χ4v) is 5.55. The predicted molar refractivity (Wildman–Crippen MR) is 127 cm³/mol. The molecule has 0 saturated heterocycles. The number of hydrogen-bond acceptors (Lipinski definition) is 3. The maximum atomic E-state index is 13.7. The van der Waals surface area contributed by atoms with Crippen molar-refractivity contribution in [3.05, 3.63) is 94.5 Å². The van der Waals surface area contributed by atoms with Crippen molar-refractivity contribution in [3.8, 4) is 0 Å². The smallest absolute Gasteiger partial charge is 0.264 e. The molecule has 0 radical (unpaired) electrons. The van der Waals surface area contributed by atoms with Crippen molar-refractivity contribution in [3.63, 3.8) is 0 Å². The third-order valence-electron chi connectivity index (χ3n) is 6.22. The van der Waals surface area contributed by atoms with E-state index in [9.17, 15) is 13.2 Å². The average Bonchev–Trinajstić information content (AvgIpc) is 2.79. The molecule has 5 nitrogen and oxygen atoms in total. The van der Waals surface area contributed by atoms with Crippen molar-refractivity contribution in [2.24, 2.45) is 0 Å². The number of sulfonamides is 1. The molecule has 3 aromatic carbocycles. The van der Waals surface area contributed by atoms with E-state index in [0.29, 0.717) is 18.8 Å². The lowest BCUT2D eigenvalue weighted by Gasteiger charge is -2.32. The van der Waals surface area contributed by atoms with Gasteiger partial charge in [0.25, 0.3) is 10.0 Å². The summed E-state index contributed by atoms with van der Waals surface area (Å²) in [6.45, 7) is 6.60. The second-order valence-corrected chi connectivity index (χ2v) is 10.2. The van der Waals surface area contributed by atoms with Crippen LogP contribution in [0.1, 0.15) is 27.8 Å². The Morgan fingerprint density at radius 1 is 0.906 bits per heavy atom. The summed E-state index contributed by atoms with van der Waals surface area (Å²) in [6.07, 6.45) is 0.774. The van der Waals surface area contributed by atoms with Gasteiger partial charge in [0, 0.05) is 13.1 Å². The predicted octanol–water partition coefficient (Wildman–Crippen LogP) is 4.39. The largest absolute Gasteiger partial charge is 0.336 e. The number of carbonyl (C=O) groups is 1. The molecule has 0 spiro atoms. The number of carbonyl (C=O) groups excluding carboxylic acids is 1. The standard InChI is InChI=1S/C26H28N2O3S/c1-19-11-13-24(14-12-19)32(30,31)28(25-10-6-7-20(2)21(25)3)18-26(29)27-16-15-22-8-4-5-9-23(22)17-27/h4-14H,15-18H2,1-3H3. The number of rotatable bonds is 5. The Morgan fingerprint density at radius 2 is 1.59 bits per heavy atom. The van der Waals surface area contributed by atoms with E-state index in [1.165, 1.54) is 9.87 Å². The fraction of sp³-hybridized carbons (Fsp3) is 0.269. The highest BCUT2D eigenvalue weighted by Crippen LogP contribution is 2.29. The summed E-state index contributed by atoms with van der Waals surface area (Å²) >= 11 is 0. The molecule has 1 heterocycles. The topological polar surface area (TPSA) is 57.7 Å². The van der Waals surface area contributed by atoms with Crippen molar-refractivity contribution in [1.29, 1.82) is 0 Å². The van der Waals surface area contributed by atoms with Gasteiger partial charge in [0.15, 0.2) is 0 Å². The molecule has 1 aliphatic rings. The number of aryl methyl sites for hydroxylation is 2. The summed E-state index contributed by atoms with van der Waals surface area (Å²) in [4.78, 5) is 15.3. The lowest BCUT2D eigenvalue weighted by atomic mass is 10.00. The van der Waals surface area contributed by atoms with Gasteiger partial charge < -0.3 is 4.90 Å². The van der Waals surface area contributed by atoms with Crippen molar-refractivity contribution >= 4 is 21.6 Å². The first-order valence-electron chi connectivity index (χ1n) is 10.8. The van der Waals surface area contributed by atoms with Gasteiger partial charge in [-0.05, 0) is 67.6 Å². The highest BCUT2D eigenvalue weighted by atomic mass is 32.2. The van der Waals surface area contributed by atoms with E-state index in [2.05, 4.69) is 6.07 Å². The van der Waals surface area contributed by atoms with Crippen LogP contribution in [0.4, 0.5) is 5.69 Å². The van der Waals surface area contributed by atoms with Crippen LogP contribution in [0.25, 0.3) is 0 Å². The number of benzene rings is 3. The van der Waals surface area contributed by atoms with Crippen LogP contribution in [-0.2, 0) is 27.8 Å². The zero-order valence-electron chi connectivity index (χ0n) is 18.7. The van der Waals surface area contributed by atoms with E-state index in [1.807, 2.05) is 51.1 Å². The van der Waals surface area contributed by atoms with Crippen LogP contribution in [-0.4, -0.2) is 32.3 Å². The fourth-order valence-electron chi connectivity index (χ4n) is 4.07. The second kappa shape index (κ2) is 8.79. The maximum Gasteiger partial charge on any atom is 0.264 e. The average molecular weight is 449 g/mol. The van der Waals surface area contributed by atoms with E-state index in [-0.39, 0.29) is 17.3 Å². The van der Waals surface area contributed by atoms with Gasteiger partial charge in [-0.25, -0.2) is 8.42 Å². The molecule has 3 aromatic rings. The molecule has 0 fully saturated rings. The summed E-state index contributed by atoms with van der Waals surface area (Å²) in [5, 5.41) is 0. The van der Waals surface area contributed by atoms with E-state index < -0.39 is 10.0 Å². The van der Waals surface area contributed by atoms with Gasteiger partial charge in [-0.1, -0.05) is 54.1 Å². The Labute approximate surface area is 190 Å². The minimum absolute atomic E-state index is 0.181. The first kappa shape index (κ1) is 22.1. The molecule has 0 aromatic heterocycles. The van der Waals surface area contributed by atoms with Crippen molar-refractivity contribution in [1.82, 2.24) is 4.90 Å². The van der Waals surface area contributed by atoms with Crippen LogP contribution in [0, 0.1) is 20.8 Å². The summed E-state index contributed by atoms with van der Waals surface area (Å²) in [5.41, 5.74) is 5.70. The monoisotopic (exact) mass is 448 g/mol. The minimum Gasteiger partial charge on any atom is -0.336 e. The van der Waals surface area contributed by atoms with Crippen molar-refractivity contribution < 1.29 is 13.2 Å². The lowest BCUT2D eigenvalue weighted by Crippen LogP contribution is -2.45. The molecular weight excluding hydrogens is 420 g/mol. The summed E-state index contributed by atoms with van der Waals surface area (Å²) in [6, 6.07) is 20.4. The Bertz CT molecular complexity index is 1250. The molecule has 0 atom stereocenters. The van der Waals surface area contributed by atoms with Crippen molar-refractivity contribution in [2.75, 3.05) is 17.4 Å². The molecule has 0 saturated carbocycles. The minimum atomic E-state index is -3.92. The zero-order chi connectivity index (χ0) is 22.9. The van der Waals surface area contributed by atoms with Gasteiger partial charge >= 0.3 is 0 Å². The Kier molecular flexibility index (Phi) is 6.07. The number of nitrogens with zero attached hydrogens (tertiary/aromatic N) is 2. The van der Waals surface area contributed by atoms with Crippen LogP contribution in [0.3, 0.4) is 0 Å². The molecule has 0 N–H and O–H groups in total. The zero-order valence-corrected chi connectivity index (χ0v) is 19.5. The van der Waals surface area contributed by atoms with Crippen LogP contribution in [0.2, 0.25) is 0 Å². The molecule has 4 rings (SSSR count). The number of hydrogen-bond donors (Lipinski definition) is 0. The molecule has 0 aliphatic carbocycles. The summed E-state index contributed by atoms with van der Waals surface area (Å²) < 4.78 is 28.6. The maximum absolute atomic E-state index is 13.7. The molecule has 1 aliphatic heterocycles. The molecule has 6 heteroatoms. The highest BCUT2D eigenvalue weighted by Gasteiger charge is 2.31. The van der Waals surface area contributed by atoms with E-state index >= 15 is 0 Å². The van der Waals surface area contributed by atoms with E-state index in [0.717, 1.165) is 28.7 Å². The van der Waals surface area contributed by atoms with Crippen molar-refractivity contribution in [2.45, 2.75) is 38.6 Å². The number of anilines is 1. The van der Waals surface area contributed by atoms with Gasteiger partial charge in [-0.2, -0.15) is 0 Å². The molecule has 1 amide bonds. The molecule has 32 heavy (non-hydrogen) atoms. The Morgan fingerprint density at radius 3 is 2.31 bits per heavy atom. The van der Waals surface area contributed by atoms with Crippen LogP contribution < -0.4 is 4.31 Å². The summed E-state index contributed by atoms with van der Waals surface area (Å²) in [5.74, 6) is -0.198. The lowest BCUT2D eigenvalue weighted by molar-refractivity contribution is -0.130. The van der Waals surface area contributed by atoms with Gasteiger partial charge in [-0.3, -0.25) is 9.10 Å². The first-order chi connectivity index (χ1) is 15.3. The van der Waals surface area contributed by atoms with Gasteiger partial charge in [0.05, 0.1) is 10.6 Å². The van der Waals surface area contributed by atoms with Gasteiger partial charge in [0.1, 0.15) is 6.54 Å². The summed E-state index contributed by atoms with van der Waals surface area (Å²) in [7, 11) is -3.92. The van der Waals surface area contributed by atoms with Gasteiger partial charge in [-0.15, -0.1) is 0 Å². The quantitative estimate of drug-likeness (QED) is 0.582. The SMILES string of the molecule is Cc1ccc(S(=O)(=O)N(CC(=O)N2CCc3ccccc3C2)c2cccc(C)c2C)cc1. The van der Waals surface area contributed by atoms with E-state index in [4.69, 9.17) is 0 Å². The van der Waals surface area contributed by atoms with Crippen LogP contribution in [0.15, 0.2) is 71.6 Å². The van der Waals surface area contributed by atoms with Crippen LogP contribution >= 0.6 is 0 Å². The number of amides is 1. The Balaban J connectivity index is 1.69. The molecular formula is C26H28N2O3S. The highest BCUT2D eigenvalue weighted by molar-refractivity contribution is 7.92. The Hall–Kier alpha value is -3.12. The van der Waals surface area contributed by atoms with Gasteiger partial charge in [0.2, 0.25) is 5.91 Å². The number of fused-ring (bicyclic) bond motifs is 1. The van der Waals surface area contributed by atoms with Crippen LogP contribution in [0.5, 0.6) is 0 Å². The van der Waals surface area contributed by atoms with E-state index in [1.54, 1.807) is 35.2 Å². The second-order valence-electron chi connectivity index (χ2n) is 8.38. The normalized spacial score (nSPS) is 13.5.